The van der Waals surface area contributed by atoms with Gasteiger partial charge in [-0.25, -0.2) is 4.98 Å². The number of ether oxygens (including phenoxy) is 1. The molecule has 2 aromatic rings. The van der Waals surface area contributed by atoms with Gasteiger partial charge >= 0.3 is 0 Å². The van der Waals surface area contributed by atoms with E-state index in [2.05, 4.69) is 20.9 Å². The van der Waals surface area contributed by atoms with E-state index in [9.17, 15) is 4.79 Å². The normalized spacial score (nSPS) is 22.4. The highest BCUT2D eigenvalue weighted by atomic mass is 16.5. The standard InChI is InChI=1S/C19H26N4O2/c1-14(24)23-7-3-4-15(12-23)18-17(13-22-8-10-25-11-9-22)16-5-2-6-20-19(16)21-18/h2,5-6,15H,3-4,7-13H2,1H3,(H,20,21)/t15-/m0/s1. The van der Waals surface area contributed by atoms with Gasteiger partial charge in [-0.2, -0.15) is 0 Å². The fourth-order valence-electron chi connectivity index (χ4n) is 4.10. The minimum Gasteiger partial charge on any atom is -0.379 e. The van der Waals surface area contributed by atoms with Gasteiger partial charge in [-0.15, -0.1) is 0 Å². The van der Waals surface area contributed by atoms with Crippen LogP contribution in [0.15, 0.2) is 18.3 Å². The van der Waals surface area contributed by atoms with Gasteiger partial charge in [-0.05, 0) is 30.5 Å². The molecule has 0 aromatic carbocycles. The Labute approximate surface area is 148 Å². The molecule has 0 spiro atoms. The van der Waals surface area contributed by atoms with Crippen molar-refractivity contribution < 1.29 is 9.53 Å². The predicted octanol–water partition coefficient (Wildman–Crippen LogP) is 2.12. The van der Waals surface area contributed by atoms with Crippen molar-refractivity contribution in [3.63, 3.8) is 0 Å². The first-order valence-electron chi connectivity index (χ1n) is 9.23. The number of likely N-dealkylation sites (tertiary alicyclic amines) is 1. The van der Waals surface area contributed by atoms with Crippen molar-refractivity contribution in [1.29, 1.82) is 0 Å². The lowest BCUT2D eigenvalue weighted by Gasteiger charge is -2.33. The summed E-state index contributed by atoms with van der Waals surface area (Å²) < 4.78 is 5.49. The van der Waals surface area contributed by atoms with Crippen molar-refractivity contribution in [3.05, 3.63) is 29.6 Å². The van der Waals surface area contributed by atoms with E-state index >= 15 is 0 Å². The minimum absolute atomic E-state index is 0.175. The maximum atomic E-state index is 11.8. The molecule has 6 heteroatoms. The Morgan fingerprint density at radius 3 is 3.00 bits per heavy atom. The summed E-state index contributed by atoms with van der Waals surface area (Å²) in [6, 6.07) is 4.16. The Hall–Kier alpha value is -1.92. The van der Waals surface area contributed by atoms with E-state index in [-0.39, 0.29) is 5.91 Å². The maximum absolute atomic E-state index is 11.8. The lowest BCUT2D eigenvalue weighted by atomic mass is 9.91. The number of fused-ring (bicyclic) bond motifs is 1. The number of piperidine rings is 1. The molecule has 134 valence electrons. The fraction of sp³-hybridized carbons (Fsp3) is 0.579. The fourth-order valence-corrected chi connectivity index (χ4v) is 4.10. The molecule has 0 unspecified atom stereocenters. The van der Waals surface area contributed by atoms with Crippen LogP contribution in [0, 0.1) is 0 Å². The molecule has 2 aliphatic rings. The van der Waals surface area contributed by atoms with Crippen LogP contribution in [-0.2, 0) is 16.1 Å². The lowest BCUT2D eigenvalue weighted by Crippen LogP contribution is -2.38. The van der Waals surface area contributed by atoms with Gasteiger partial charge in [0, 0.05) is 62.8 Å². The number of amides is 1. The Bertz CT molecular complexity index is 751. The first kappa shape index (κ1) is 16.5. The number of hydrogen-bond donors (Lipinski definition) is 1. The SMILES string of the molecule is CC(=O)N1CCC[C@H](c2[nH]c3ncccc3c2CN2CCOCC2)C1. The van der Waals surface area contributed by atoms with Crippen LogP contribution in [0.3, 0.4) is 0 Å². The molecule has 0 bridgehead atoms. The summed E-state index contributed by atoms with van der Waals surface area (Å²) in [5.41, 5.74) is 3.58. The minimum atomic E-state index is 0.175. The number of rotatable bonds is 3. The van der Waals surface area contributed by atoms with E-state index in [4.69, 9.17) is 4.74 Å². The zero-order valence-electron chi connectivity index (χ0n) is 14.8. The Balaban J connectivity index is 1.67. The van der Waals surface area contributed by atoms with Crippen molar-refractivity contribution in [2.45, 2.75) is 32.2 Å². The Morgan fingerprint density at radius 2 is 2.20 bits per heavy atom. The molecular formula is C19H26N4O2. The topological polar surface area (TPSA) is 61.5 Å². The summed E-state index contributed by atoms with van der Waals surface area (Å²) >= 11 is 0. The molecule has 0 radical (unpaired) electrons. The van der Waals surface area contributed by atoms with Crippen LogP contribution in [0.4, 0.5) is 0 Å². The van der Waals surface area contributed by atoms with Crippen LogP contribution in [0.25, 0.3) is 11.0 Å². The highest BCUT2D eigenvalue weighted by Crippen LogP contribution is 2.33. The summed E-state index contributed by atoms with van der Waals surface area (Å²) in [5, 5.41) is 1.21. The number of nitrogens with zero attached hydrogens (tertiary/aromatic N) is 3. The second-order valence-electron chi connectivity index (χ2n) is 7.11. The highest BCUT2D eigenvalue weighted by Gasteiger charge is 2.28. The molecule has 0 saturated carbocycles. The molecular weight excluding hydrogens is 316 g/mol. The van der Waals surface area contributed by atoms with E-state index in [0.29, 0.717) is 5.92 Å². The summed E-state index contributed by atoms with van der Waals surface area (Å²) in [6.07, 6.45) is 4.01. The van der Waals surface area contributed by atoms with E-state index in [1.54, 1.807) is 6.92 Å². The van der Waals surface area contributed by atoms with Crippen LogP contribution in [0.1, 0.15) is 36.9 Å². The third-order valence-corrected chi connectivity index (χ3v) is 5.47. The molecule has 4 heterocycles. The molecule has 4 rings (SSSR count). The number of H-pyrrole nitrogens is 1. The van der Waals surface area contributed by atoms with Gasteiger partial charge in [0.05, 0.1) is 13.2 Å². The zero-order valence-corrected chi connectivity index (χ0v) is 14.8. The number of carbonyl (C=O) groups excluding carboxylic acids is 1. The molecule has 6 nitrogen and oxygen atoms in total. The van der Waals surface area contributed by atoms with Gasteiger partial charge in [0.15, 0.2) is 0 Å². The summed E-state index contributed by atoms with van der Waals surface area (Å²) in [7, 11) is 0. The molecule has 2 aromatic heterocycles. The number of aromatic nitrogens is 2. The molecule has 1 atom stereocenters. The third-order valence-electron chi connectivity index (χ3n) is 5.47. The number of nitrogens with one attached hydrogen (secondary N) is 1. The smallest absolute Gasteiger partial charge is 0.219 e. The molecule has 1 amide bonds. The molecule has 2 saturated heterocycles. The second-order valence-corrected chi connectivity index (χ2v) is 7.11. The molecule has 0 aliphatic carbocycles. The predicted molar refractivity (Wildman–Crippen MR) is 96.4 cm³/mol. The molecule has 2 fully saturated rings. The van der Waals surface area contributed by atoms with E-state index in [1.165, 1.54) is 16.6 Å². The number of hydrogen-bond acceptors (Lipinski definition) is 4. The first-order valence-corrected chi connectivity index (χ1v) is 9.23. The van der Waals surface area contributed by atoms with Gasteiger partial charge in [0.1, 0.15) is 5.65 Å². The quantitative estimate of drug-likeness (QED) is 0.928. The van der Waals surface area contributed by atoms with Gasteiger partial charge in [-0.1, -0.05) is 0 Å². The van der Waals surface area contributed by atoms with E-state index in [1.807, 2.05) is 17.2 Å². The highest BCUT2D eigenvalue weighted by molar-refractivity contribution is 5.81. The summed E-state index contributed by atoms with van der Waals surface area (Å²) in [5.74, 6) is 0.538. The van der Waals surface area contributed by atoms with E-state index < -0.39 is 0 Å². The average molecular weight is 342 g/mol. The lowest BCUT2D eigenvalue weighted by molar-refractivity contribution is -0.130. The number of aromatic amines is 1. The Kier molecular flexibility index (Phi) is 4.72. The third kappa shape index (κ3) is 3.41. The number of morpholine rings is 1. The molecule has 1 N–H and O–H groups in total. The average Bonchev–Trinajstić information content (AvgIpc) is 3.01. The van der Waals surface area contributed by atoms with Crippen molar-refractivity contribution in [1.82, 2.24) is 19.8 Å². The van der Waals surface area contributed by atoms with Crippen LogP contribution < -0.4 is 0 Å². The molecule has 2 aliphatic heterocycles. The van der Waals surface area contributed by atoms with Crippen LogP contribution in [-0.4, -0.2) is 65.1 Å². The maximum Gasteiger partial charge on any atom is 0.219 e. The monoisotopic (exact) mass is 342 g/mol. The number of carbonyl (C=O) groups is 1. The second kappa shape index (κ2) is 7.14. The van der Waals surface area contributed by atoms with Crippen molar-refractivity contribution in [2.24, 2.45) is 0 Å². The number of pyridine rings is 1. The van der Waals surface area contributed by atoms with Gasteiger partial charge in [0.25, 0.3) is 0 Å². The largest absolute Gasteiger partial charge is 0.379 e. The van der Waals surface area contributed by atoms with Crippen molar-refractivity contribution >= 4 is 16.9 Å². The van der Waals surface area contributed by atoms with Crippen molar-refractivity contribution in [3.8, 4) is 0 Å². The van der Waals surface area contributed by atoms with Crippen LogP contribution in [0.5, 0.6) is 0 Å². The van der Waals surface area contributed by atoms with Crippen LogP contribution in [0.2, 0.25) is 0 Å². The summed E-state index contributed by atoms with van der Waals surface area (Å²) in [6.45, 7) is 7.81. The first-order chi connectivity index (χ1) is 12.2. The van der Waals surface area contributed by atoms with E-state index in [0.717, 1.165) is 64.4 Å². The van der Waals surface area contributed by atoms with Gasteiger partial charge in [-0.3, -0.25) is 9.69 Å². The van der Waals surface area contributed by atoms with Crippen LogP contribution >= 0.6 is 0 Å². The van der Waals surface area contributed by atoms with Gasteiger partial charge in [0.2, 0.25) is 5.91 Å². The van der Waals surface area contributed by atoms with Crippen molar-refractivity contribution in [2.75, 3.05) is 39.4 Å². The molecule has 25 heavy (non-hydrogen) atoms. The summed E-state index contributed by atoms with van der Waals surface area (Å²) in [4.78, 5) is 24.4. The zero-order chi connectivity index (χ0) is 17.2. The van der Waals surface area contributed by atoms with Gasteiger partial charge < -0.3 is 14.6 Å². The Morgan fingerprint density at radius 1 is 1.36 bits per heavy atom.